The summed E-state index contributed by atoms with van der Waals surface area (Å²) in [5.74, 6) is -0.340. The molecule has 1 fully saturated rings. The second-order valence-electron chi connectivity index (χ2n) is 8.01. The van der Waals surface area contributed by atoms with Crippen LogP contribution in [-0.2, 0) is 12.8 Å². The second-order valence-corrected chi connectivity index (χ2v) is 8.95. The molecule has 0 atom stereocenters. The molecule has 6 heteroatoms. The predicted octanol–water partition coefficient (Wildman–Crippen LogP) is 4.33. The smallest absolute Gasteiger partial charge is 0.273 e. The minimum Gasteiger partial charge on any atom is -0.396 e. The Morgan fingerprint density at radius 3 is 2.50 bits per heavy atom. The first-order valence-corrected chi connectivity index (χ1v) is 11.1. The van der Waals surface area contributed by atoms with E-state index in [1.54, 1.807) is 23.6 Å². The first-order valence-electron chi connectivity index (χ1n) is 10.2. The van der Waals surface area contributed by atoms with E-state index in [-0.39, 0.29) is 23.7 Å². The van der Waals surface area contributed by atoms with E-state index in [1.807, 2.05) is 23.1 Å². The number of benzene rings is 2. The van der Waals surface area contributed by atoms with E-state index in [2.05, 4.69) is 17.1 Å². The lowest BCUT2D eigenvalue weighted by molar-refractivity contribution is 0.0355. The van der Waals surface area contributed by atoms with Crippen molar-refractivity contribution in [3.8, 4) is 0 Å². The molecule has 0 aliphatic carbocycles. The van der Waals surface area contributed by atoms with Gasteiger partial charge in [-0.25, -0.2) is 9.37 Å². The van der Waals surface area contributed by atoms with Crippen LogP contribution in [0.1, 0.15) is 39.5 Å². The van der Waals surface area contributed by atoms with Crippen molar-refractivity contribution in [2.45, 2.75) is 25.7 Å². The highest BCUT2D eigenvalue weighted by Crippen LogP contribution is 2.35. The van der Waals surface area contributed by atoms with E-state index in [1.165, 1.54) is 23.0 Å². The molecular formula is C24H25FN2O2S. The Labute approximate surface area is 180 Å². The molecule has 0 bridgehead atoms. The predicted molar refractivity (Wildman–Crippen MR) is 116 cm³/mol. The number of thiazole rings is 1. The summed E-state index contributed by atoms with van der Waals surface area (Å²) in [6, 6.07) is 16.8. The van der Waals surface area contributed by atoms with Crippen molar-refractivity contribution in [2.24, 2.45) is 5.41 Å². The minimum atomic E-state index is -0.254. The number of hydrogen-bond acceptors (Lipinski definition) is 4. The Bertz CT molecular complexity index is 997. The second kappa shape index (κ2) is 9.06. The fourth-order valence-electron chi connectivity index (χ4n) is 4.06. The lowest BCUT2D eigenvalue weighted by atomic mass is 9.74. The first kappa shape index (κ1) is 20.7. The van der Waals surface area contributed by atoms with Crippen molar-refractivity contribution < 1.29 is 14.3 Å². The summed E-state index contributed by atoms with van der Waals surface area (Å²) >= 11 is 1.39. The number of carbonyl (C=O) groups is 1. The maximum atomic E-state index is 13.9. The number of halogens is 1. The Hall–Kier alpha value is -2.57. The molecule has 156 valence electrons. The number of aromatic nitrogens is 1. The number of hydrogen-bond donors (Lipinski definition) is 1. The topological polar surface area (TPSA) is 53.4 Å². The monoisotopic (exact) mass is 424 g/mol. The number of nitrogens with zero attached hydrogens (tertiary/aromatic N) is 2. The molecule has 4 rings (SSSR count). The third kappa shape index (κ3) is 4.60. The molecule has 1 aromatic heterocycles. The van der Waals surface area contributed by atoms with E-state index in [4.69, 9.17) is 0 Å². The molecule has 1 aliphatic heterocycles. The zero-order valence-corrected chi connectivity index (χ0v) is 17.6. The Balaban J connectivity index is 1.38. The average molecular weight is 425 g/mol. The summed E-state index contributed by atoms with van der Waals surface area (Å²) in [5, 5.41) is 12.6. The van der Waals surface area contributed by atoms with Gasteiger partial charge in [0.2, 0.25) is 0 Å². The normalized spacial score (nSPS) is 15.9. The summed E-state index contributed by atoms with van der Waals surface area (Å²) in [5.41, 5.74) is 2.03. The number of amides is 1. The van der Waals surface area contributed by atoms with Gasteiger partial charge >= 0.3 is 0 Å². The molecule has 3 aromatic rings. The highest BCUT2D eigenvalue weighted by atomic mass is 32.1. The molecule has 1 saturated heterocycles. The van der Waals surface area contributed by atoms with E-state index in [0.29, 0.717) is 30.8 Å². The summed E-state index contributed by atoms with van der Waals surface area (Å²) < 4.78 is 13.9. The van der Waals surface area contributed by atoms with Crippen LogP contribution in [0.25, 0.3) is 0 Å². The van der Waals surface area contributed by atoms with Gasteiger partial charge in [0.25, 0.3) is 5.91 Å². The van der Waals surface area contributed by atoms with Gasteiger partial charge in [-0.15, -0.1) is 11.3 Å². The minimum absolute atomic E-state index is 0.0858. The number of aliphatic hydroxyl groups excluding tert-OH is 1. The molecule has 0 radical (unpaired) electrons. The third-order valence-corrected chi connectivity index (χ3v) is 6.79. The highest BCUT2D eigenvalue weighted by molar-refractivity contribution is 7.09. The molecule has 1 amide bonds. The maximum Gasteiger partial charge on any atom is 0.273 e. The van der Waals surface area contributed by atoms with Crippen molar-refractivity contribution in [3.05, 3.63) is 87.6 Å². The molecule has 0 spiro atoms. The van der Waals surface area contributed by atoms with E-state index < -0.39 is 0 Å². The van der Waals surface area contributed by atoms with E-state index >= 15 is 0 Å². The fraction of sp³-hybridized carbons (Fsp3) is 0.333. The lowest BCUT2D eigenvalue weighted by Crippen LogP contribution is -2.45. The quantitative estimate of drug-likeness (QED) is 0.641. The SMILES string of the molecule is O=C(c1csc(Cc2ccccc2F)n1)N1CCC(CO)(Cc2ccccc2)CC1. The molecular weight excluding hydrogens is 399 g/mol. The standard InChI is InChI=1S/C24H25FN2O2S/c25-20-9-5-4-8-19(20)14-22-26-21(16-30-22)23(29)27-12-10-24(17-28,11-13-27)15-18-6-2-1-3-7-18/h1-9,16,28H,10-15,17H2. The van der Waals surface area contributed by atoms with Gasteiger partial charge in [-0.05, 0) is 36.5 Å². The van der Waals surface area contributed by atoms with Crippen molar-refractivity contribution in [2.75, 3.05) is 19.7 Å². The third-order valence-electron chi connectivity index (χ3n) is 5.94. The molecule has 2 heterocycles. The van der Waals surface area contributed by atoms with Crippen LogP contribution in [0.4, 0.5) is 4.39 Å². The van der Waals surface area contributed by atoms with Crippen LogP contribution in [0, 0.1) is 11.2 Å². The van der Waals surface area contributed by atoms with Gasteiger partial charge in [-0.3, -0.25) is 4.79 Å². The van der Waals surface area contributed by atoms with Crippen LogP contribution >= 0.6 is 11.3 Å². The molecule has 0 saturated carbocycles. The van der Waals surface area contributed by atoms with Crippen LogP contribution in [0.5, 0.6) is 0 Å². The average Bonchev–Trinajstić information content (AvgIpc) is 3.25. The van der Waals surface area contributed by atoms with Crippen molar-refractivity contribution in [1.29, 1.82) is 0 Å². The van der Waals surface area contributed by atoms with Gasteiger partial charge in [0.05, 0.1) is 5.01 Å². The maximum absolute atomic E-state index is 13.9. The van der Waals surface area contributed by atoms with Gasteiger partial charge in [0.1, 0.15) is 11.5 Å². The fourth-order valence-corrected chi connectivity index (χ4v) is 4.85. The van der Waals surface area contributed by atoms with Crippen LogP contribution in [0.3, 0.4) is 0 Å². The molecule has 1 N–H and O–H groups in total. The molecule has 30 heavy (non-hydrogen) atoms. The summed E-state index contributed by atoms with van der Waals surface area (Å²) in [7, 11) is 0. The van der Waals surface area contributed by atoms with Gasteiger partial charge in [0.15, 0.2) is 0 Å². The van der Waals surface area contributed by atoms with Gasteiger partial charge in [-0.2, -0.15) is 0 Å². The molecule has 0 unspecified atom stereocenters. The largest absolute Gasteiger partial charge is 0.396 e. The number of rotatable bonds is 6. The number of aliphatic hydroxyl groups is 1. The van der Waals surface area contributed by atoms with Crippen molar-refractivity contribution in [3.63, 3.8) is 0 Å². The van der Waals surface area contributed by atoms with Gasteiger partial charge in [0, 0.05) is 36.9 Å². The van der Waals surface area contributed by atoms with Crippen molar-refractivity contribution in [1.82, 2.24) is 9.88 Å². The molecule has 2 aromatic carbocycles. The lowest BCUT2D eigenvalue weighted by Gasteiger charge is -2.40. The van der Waals surface area contributed by atoms with Crippen LogP contribution in [0.15, 0.2) is 60.0 Å². The summed E-state index contributed by atoms with van der Waals surface area (Å²) in [4.78, 5) is 19.2. The highest BCUT2D eigenvalue weighted by Gasteiger charge is 2.36. The zero-order chi connectivity index (χ0) is 21.0. The van der Waals surface area contributed by atoms with Crippen molar-refractivity contribution >= 4 is 17.2 Å². The van der Waals surface area contributed by atoms with Gasteiger partial charge in [-0.1, -0.05) is 48.5 Å². The van der Waals surface area contributed by atoms with E-state index in [0.717, 1.165) is 24.3 Å². The Morgan fingerprint density at radius 1 is 1.10 bits per heavy atom. The number of likely N-dealkylation sites (tertiary alicyclic amines) is 1. The zero-order valence-electron chi connectivity index (χ0n) is 16.8. The summed E-state index contributed by atoms with van der Waals surface area (Å²) in [6.07, 6.45) is 2.72. The van der Waals surface area contributed by atoms with Gasteiger partial charge < -0.3 is 10.0 Å². The first-order chi connectivity index (χ1) is 14.6. The number of piperidine rings is 1. The Kier molecular flexibility index (Phi) is 6.25. The van der Waals surface area contributed by atoms with Crippen LogP contribution in [-0.4, -0.2) is 40.6 Å². The number of carbonyl (C=O) groups excluding carboxylic acids is 1. The van der Waals surface area contributed by atoms with Crippen LogP contribution in [0.2, 0.25) is 0 Å². The Morgan fingerprint density at radius 2 is 1.80 bits per heavy atom. The summed E-state index contributed by atoms with van der Waals surface area (Å²) in [6.45, 7) is 1.33. The van der Waals surface area contributed by atoms with Crippen LogP contribution < -0.4 is 0 Å². The molecule has 4 nitrogen and oxygen atoms in total. The molecule has 1 aliphatic rings. The van der Waals surface area contributed by atoms with E-state index in [9.17, 15) is 14.3 Å².